The minimum Gasteiger partial charge on any atom is -0.467 e. The lowest BCUT2D eigenvalue weighted by Gasteiger charge is -2.32. The second-order valence-corrected chi connectivity index (χ2v) is 18.0. The molecule has 1 aliphatic rings. The Morgan fingerprint density at radius 3 is 2.11 bits per heavy atom. The van der Waals surface area contributed by atoms with Crippen LogP contribution in [0.25, 0.3) is 11.1 Å². The van der Waals surface area contributed by atoms with Gasteiger partial charge in [0.1, 0.15) is 12.6 Å². The molecule has 2 unspecified atom stereocenters. The third-order valence-corrected chi connectivity index (χ3v) is 11.7. The minimum atomic E-state index is -1.42. The van der Waals surface area contributed by atoms with Crippen LogP contribution in [0.1, 0.15) is 17.5 Å². The highest BCUT2D eigenvalue weighted by Gasteiger charge is 2.51. The van der Waals surface area contributed by atoms with E-state index in [0.29, 0.717) is 13.0 Å². The molecule has 194 valence electrons. The number of ether oxygens (including phenoxy) is 2. The Hall–Kier alpha value is -3.03. The first-order valence-corrected chi connectivity index (χ1v) is 17.3. The average Bonchev–Trinajstić information content (AvgIpc) is 3.32. The third-order valence-electron chi connectivity index (χ3n) is 6.54. The molecule has 0 saturated carbocycles. The third kappa shape index (κ3) is 6.65. The summed E-state index contributed by atoms with van der Waals surface area (Å²) in [5.41, 5.74) is 4.31. The van der Waals surface area contributed by atoms with Crippen LogP contribution < -0.4 is 0 Å². The van der Waals surface area contributed by atoms with Gasteiger partial charge in [-0.15, -0.1) is 0 Å². The van der Waals surface area contributed by atoms with Gasteiger partial charge < -0.3 is 9.47 Å². The number of likely N-dealkylation sites (tertiary alicyclic amines) is 1. The van der Waals surface area contributed by atoms with Gasteiger partial charge >= 0.3 is 12.1 Å². The monoisotopic (exact) mass is 533 g/mol. The highest BCUT2D eigenvalue weighted by Crippen LogP contribution is 2.48. The van der Waals surface area contributed by atoms with E-state index in [2.05, 4.69) is 56.0 Å². The smallest absolute Gasteiger partial charge is 0.410 e. The Kier molecular flexibility index (Phi) is 8.45. The molecule has 1 heterocycles. The fourth-order valence-electron chi connectivity index (χ4n) is 4.56. The Morgan fingerprint density at radius 1 is 0.919 bits per heavy atom. The number of hydrogen-bond donors (Lipinski definition) is 0. The zero-order chi connectivity index (χ0) is 26.5. The summed E-state index contributed by atoms with van der Waals surface area (Å²) in [6.07, 6.45) is -0.00410. The number of esters is 1. The van der Waals surface area contributed by atoms with Crippen molar-refractivity contribution in [3.05, 3.63) is 96.1 Å². The maximum atomic E-state index is 13.3. The molecule has 1 amide bonds. The van der Waals surface area contributed by atoms with E-state index in [1.807, 2.05) is 60.3 Å². The first-order chi connectivity index (χ1) is 17.7. The van der Waals surface area contributed by atoms with Gasteiger partial charge in [0.15, 0.2) is 0 Å². The molecular weight excluding hydrogens is 498 g/mol. The first-order valence-electron chi connectivity index (χ1n) is 12.6. The van der Waals surface area contributed by atoms with Gasteiger partial charge in [0.2, 0.25) is 0 Å². The van der Waals surface area contributed by atoms with Gasteiger partial charge in [-0.1, -0.05) is 105 Å². The summed E-state index contributed by atoms with van der Waals surface area (Å²) in [4.78, 5) is 27.8. The number of hydrogen-bond acceptors (Lipinski definition) is 5. The van der Waals surface area contributed by atoms with Gasteiger partial charge in [0.05, 0.1) is 19.9 Å². The lowest BCUT2D eigenvalue weighted by atomic mass is 9.93. The van der Waals surface area contributed by atoms with Crippen molar-refractivity contribution in [1.29, 1.82) is 0 Å². The normalized spacial score (nSPS) is 19.5. The molecule has 0 aromatic heterocycles. The van der Waals surface area contributed by atoms with Crippen molar-refractivity contribution >= 4 is 31.9 Å². The topological polar surface area (TPSA) is 55.8 Å². The molecule has 4 rings (SSSR count). The van der Waals surface area contributed by atoms with Crippen molar-refractivity contribution in [2.45, 2.75) is 43.5 Å². The van der Waals surface area contributed by atoms with Crippen LogP contribution in [0.15, 0.2) is 84.9 Å². The van der Waals surface area contributed by atoms with E-state index in [1.165, 1.54) is 7.11 Å². The standard InChI is InChI=1S/C30H35NO4SSi/c1-34-28(32)27-19-30(36-22-37(2,3)4,21-31(27)29(33)35-20-23-11-7-5-8-12-23)26-17-15-25(16-18-26)24-13-9-6-10-14-24/h5-18,27H,19-22H2,1-4H3. The molecule has 1 fully saturated rings. The Morgan fingerprint density at radius 2 is 1.51 bits per heavy atom. The fourth-order valence-corrected chi connectivity index (χ4v) is 8.21. The van der Waals surface area contributed by atoms with Gasteiger partial charge in [-0.25, -0.2) is 9.59 Å². The number of methoxy groups -OCH3 is 1. The van der Waals surface area contributed by atoms with E-state index in [4.69, 9.17) is 9.47 Å². The molecular formula is C30H35NO4SSi. The van der Waals surface area contributed by atoms with Crippen LogP contribution in [-0.2, 0) is 25.6 Å². The van der Waals surface area contributed by atoms with Gasteiger partial charge in [-0.05, 0) is 34.1 Å². The molecule has 5 nitrogen and oxygen atoms in total. The molecule has 0 spiro atoms. The summed E-state index contributed by atoms with van der Waals surface area (Å²) in [6, 6.07) is 27.7. The van der Waals surface area contributed by atoms with Crippen LogP contribution in [0.2, 0.25) is 19.6 Å². The number of carbonyl (C=O) groups excluding carboxylic acids is 2. The molecule has 0 bridgehead atoms. The van der Waals surface area contributed by atoms with Crippen LogP contribution >= 0.6 is 11.8 Å². The summed E-state index contributed by atoms with van der Waals surface area (Å²) in [7, 11) is -0.0474. The minimum absolute atomic E-state index is 0.158. The lowest BCUT2D eigenvalue weighted by Crippen LogP contribution is -2.41. The van der Waals surface area contributed by atoms with Crippen molar-refractivity contribution in [2.24, 2.45) is 0 Å². The summed E-state index contributed by atoms with van der Waals surface area (Å²) in [5.74, 6) is -0.409. The molecule has 3 aromatic carbocycles. The van der Waals surface area contributed by atoms with Gasteiger partial charge in [0, 0.05) is 6.54 Å². The predicted molar refractivity (Wildman–Crippen MR) is 153 cm³/mol. The Bertz CT molecular complexity index is 1200. The zero-order valence-electron chi connectivity index (χ0n) is 22.0. The van der Waals surface area contributed by atoms with Crippen molar-refractivity contribution in [3.8, 4) is 11.1 Å². The second kappa shape index (κ2) is 11.6. The zero-order valence-corrected chi connectivity index (χ0v) is 23.8. The predicted octanol–water partition coefficient (Wildman–Crippen LogP) is 6.74. The molecule has 7 heteroatoms. The lowest BCUT2D eigenvalue weighted by molar-refractivity contribution is -0.145. The van der Waals surface area contributed by atoms with E-state index in [1.54, 1.807) is 4.90 Å². The number of benzene rings is 3. The molecule has 3 aromatic rings. The molecule has 37 heavy (non-hydrogen) atoms. The first kappa shape index (κ1) is 27.0. The number of rotatable bonds is 8. The maximum Gasteiger partial charge on any atom is 0.410 e. The Labute approximate surface area is 225 Å². The number of amides is 1. The molecule has 1 saturated heterocycles. The number of thioether (sulfide) groups is 1. The SMILES string of the molecule is COC(=O)C1CC(SC[Si](C)(C)C)(c2ccc(-c3ccccc3)cc2)CN1C(=O)OCc1ccccc1. The van der Waals surface area contributed by atoms with Crippen LogP contribution in [0.3, 0.4) is 0 Å². The maximum absolute atomic E-state index is 13.3. The highest BCUT2D eigenvalue weighted by molar-refractivity contribution is 8.01. The van der Waals surface area contributed by atoms with Crippen LogP contribution in [0, 0.1) is 0 Å². The summed E-state index contributed by atoms with van der Waals surface area (Å²) >= 11 is 1.86. The van der Waals surface area contributed by atoms with E-state index in [-0.39, 0.29) is 6.61 Å². The van der Waals surface area contributed by atoms with Gasteiger partial charge in [-0.3, -0.25) is 4.90 Å². The molecule has 1 aliphatic heterocycles. The van der Waals surface area contributed by atoms with Crippen molar-refractivity contribution < 1.29 is 19.1 Å². The molecule has 2 atom stereocenters. The van der Waals surface area contributed by atoms with Crippen molar-refractivity contribution in [2.75, 3.05) is 19.0 Å². The van der Waals surface area contributed by atoms with Crippen molar-refractivity contribution in [3.63, 3.8) is 0 Å². The van der Waals surface area contributed by atoms with E-state index in [0.717, 1.165) is 27.6 Å². The Balaban J connectivity index is 1.64. The second-order valence-electron chi connectivity index (χ2n) is 10.7. The molecule has 0 aliphatic carbocycles. The molecule has 0 N–H and O–H groups in total. The summed E-state index contributed by atoms with van der Waals surface area (Å²) < 4.78 is 10.4. The van der Waals surface area contributed by atoms with Gasteiger partial charge in [-0.2, -0.15) is 11.8 Å². The fraction of sp³-hybridized carbons (Fsp3) is 0.333. The number of nitrogens with zero attached hydrogens (tertiary/aromatic N) is 1. The van der Waals surface area contributed by atoms with E-state index < -0.39 is 30.9 Å². The summed E-state index contributed by atoms with van der Waals surface area (Å²) in [5, 5.41) is 1.01. The van der Waals surface area contributed by atoms with Crippen LogP contribution in [0.4, 0.5) is 4.79 Å². The number of carbonyl (C=O) groups is 2. The van der Waals surface area contributed by atoms with Gasteiger partial charge in [0.25, 0.3) is 0 Å². The highest BCUT2D eigenvalue weighted by atomic mass is 32.2. The van der Waals surface area contributed by atoms with Crippen molar-refractivity contribution in [1.82, 2.24) is 4.90 Å². The average molecular weight is 534 g/mol. The van der Waals surface area contributed by atoms with Crippen LogP contribution in [-0.4, -0.2) is 50.1 Å². The largest absolute Gasteiger partial charge is 0.467 e. The van der Waals surface area contributed by atoms with Crippen LogP contribution in [0.5, 0.6) is 0 Å². The quantitative estimate of drug-likeness (QED) is 0.237. The molecule has 0 radical (unpaired) electrons. The summed E-state index contributed by atoms with van der Waals surface area (Å²) in [6.45, 7) is 7.56. The van der Waals surface area contributed by atoms with E-state index >= 15 is 0 Å². The van der Waals surface area contributed by atoms with E-state index in [9.17, 15) is 9.59 Å².